The van der Waals surface area contributed by atoms with Crippen LogP contribution in [0.25, 0.3) is 0 Å². The first-order chi connectivity index (χ1) is 8.78. The molecule has 3 heteroatoms. The van der Waals surface area contributed by atoms with Gasteiger partial charge in [0.2, 0.25) is 5.91 Å². The molecule has 0 aromatic carbocycles. The molecule has 3 rings (SSSR count). The topological polar surface area (TPSA) is 38.3 Å². The fourth-order valence-corrected chi connectivity index (χ4v) is 4.03. The van der Waals surface area contributed by atoms with Gasteiger partial charge in [-0.25, -0.2) is 0 Å². The minimum Gasteiger partial charge on any atom is -0.381 e. The number of hydrogen-bond acceptors (Lipinski definition) is 2. The second-order valence-corrected chi connectivity index (χ2v) is 6.49. The third kappa shape index (κ3) is 2.42. The first-order valence-electron chi connectivity index (χ1n) is 7.66. The van der Waals surface area contributed by atoms with Crippen molar-refractivity contribution in [3.8, 4) is 0 Å². The highest BCUT2D eigenvalue weighted by Gasteiger charge is 2.47. The van der Waals surface area contributed by atoms with Crippen LogP contribution in [-0.4, -0.2) is 25.2 Å². The molecule has 1 spiro atoms. The Morgan fingerprint density at radius 2 is 1.83 bits per heavy atom. The van der Waals surface area contributed by atoms with Crippen molar-refractivity contribution in [1.29, 1.82) is 0 Å². The van der Waals surface area contributed by atoms with Crippen molar-refractivity contribution >= 4 is 5.91 Å². The molecule has 3 aliphatic rings. The van der Waals surface area contributed by atoms with Gasteiger partial charge in [0.25, 0.3) is 0 Å². The lowest BCUT2D eigenvalue weighted by molar-refractivity contribution is -0.127. The molecule has 2 saturated carbocycles. The predicted octanol–water partition coefficient (Wildman–Crippen LogP) is 2.64. The number of rotatable bonds is 3. The van der Waals surface area contributed by atoms with Crippen LogP contribution in [-0.2, 0) is 9.53 Å². The molecule has 102 valence electrons. The summed E-state index contributed by atoms with van der Waals surface area (Å²) < 4.78 is 5.45. The summed E-state index contributed by atoms with van der Waals surface area (Å²) in [5, 5.41) is 3.31. The number of carbonyl (C=O) groups is 1. The molecule has 0 bridgehead atoms. The molecule has 3 fully saturated rings. The van der Waals surface area contributed by atoms with Gasteiger partial charge in [-0.2, -0.15) is 0 Å². The highest BCUT2D eigenvalue weighted by atomic mass is 16.5. The van der Waals surface area contributed by atoms with Crippen molar-refractivity contribution in [2.45, 2.75) is 63.8 Å². The zero-order chi connectivity index (χ0) is 12.4. The van der Waals surface area contributed by atoms with Crippen molar-refractivity contribution in [2.24, 2.45) is 11.3 Å². The van der Waals surface area contributed by atoms with E-state index in [-0.39, 0.29) is 0 Å². The van der Waals surface area contributed by atoms with E-state index in [2.05, 4.69) is 5.32 Å². The van der Waals surface area contributed by atoms with E-state index in [0.717, 1.165) is 32.5 Å². The Kier molecular flexibility index (Phi) is 3.60. The Balaban J connectivity index is 1.48. The first-order valence-corrected chi connectivity index (χ1v) is 7.66. The molecule has 2 aliphatic carbocycles. The molecular weight excluding hydrogens is 226 g/mol. The van der Waals surface area contributed by atoms with Crippen molar-refractivity contribution in [2.75, 3.05) is 13.2 Å². The standard InChI is InChI=1S/C15H25NO2/c17-14(11-12-3-1-2-4-12)16-13-5-6-15(13)7-9-18-10-8-15/h12-13H,1-11H2,(H,16,17). The number of carbonyl (C=O) groups excluding carboxylic acids is 1. The normalized spacial score (nSPS) is 31.2. The molecule has 1 heterocycles. The molecule has 0 radical (unpaired) electrons. The van der Waals surface area contributed by atoms with E-state index in [1.165, 1.54) is 38.5 Å². The Bertz CT molecular complexity index is 304. The van der Waals surface area contributed by atoms with E-state index in [4.69, 9.17) is 4.74 Å². The average molecular weight is 251 g/mol. The van der Waals surface area contributed by atoms with Gasteiger partial charge in [0.1, 0.15) is 0 Å². The smallest absolute Gasteiger partial charge is 0.220 e. The number of hydrogen-bond donors (Lipinski definition) is 1. The zero-order valence-corrected chi connectivity index (χ0v) is 11.2. The van der Waals surface area contributed by atoms with Crippen LogP contribution in [0.2, 0.25) is 0 Å². The lowest BCUT2D eigenvalue weighted by Crippen LogP contribution is -2.57. The van der Waals surface area contributed by atoms with Gasteiger partial charge in [-0.1, -0.05) is 12.8 Å². The van der Waals surface area contributed by atoms with E-state index in [0.29, 0.717) is 23.3 Å². The SMILES string of the molecule is O=C(CC1CCCC1)NC1CCC12CCOCC2. The van der Waals surface area contributed by atoms with Crippen molar-refractivity contribution < 1.29 is 9.53 Å². The van der Waals surface area contributed by atoms with Crippen molar-refractivity contribution in [3.05, 3.63) is 0 Å². The second-order valence-electron chi connectivity index (χ2n) is 6.49. The predicted molar refractivity (Wildman–Crippen MR) is 70.2 cm³/mol. The van der Waals surface area contributed by atoms with E-state index in [1.807, 2.05) is 0 Å². The molecular formula is C15H25NO2. The fraction of sp³-hybridized carbons (Fsp3) is 0.933. The van der Waals surface area contributed by atoms with Gasteiger partial charge in [0.15, 0.2) is 0 Å². The third-order valence-corrected chi connectivity index (χ3v) is 5.44. The molecule has 0 aromatic rings. The summed E-state index contributed by atoms with van der Waals surface area (Å²) in [5.41, 5.74) is 0.392. The maximum atomic E-state index is 12.1. The molecule has 1 saturated heterocycles. The summed E-state index contributed by atoms with van der Waals surface area (Å²) in [6, 6.07) is 0.440. The van der Waals surface area contributed by atoms with Crippen molar-refractivity contribution in [1.82, 2.24) is 5.32 Å². The number of ether oxygens (including phenoxy) is 1. The molecule has 1 amide bonds. The summed E-state index contributed by atoms with van der Waals surface area (Å²) in [6.07, 6.45) is 10.7. The van der Waals surface area contributed by atoms with Crippen LogP contribution < -0.4 is 5.32 Å². The molecule has 18 heavy (non-hydrogen) atoms. The zero-order valence-electron chi connectivity index (χ0n) is 11.2. The van der Waals surface area contributed by atoms with Crippen LogP contribution in [0.4, 0.5) is 0 Å². The molecule has 1 atom stereocenters. The molecule has 1 unspecified atom stereocenters. The summed E-state index contributed by atoms with van der Waals surface area (Å²) in [7, 11) is 0. The first kappa shape index (κ1) is 12.5. The van der Waals surface area contributed by atoms with E-state index in [9.17, 15) is 4.79 Å². The van der Waals surface area contributed by atoms with E-state index >= 15 is 0 Å². The maximum absolute atomic E-state index is 12.1. The largest absolute Gasteiger partial charge is 0.381 e. The Morgan fingerprint density at radius 1 is 1.11 bits per heavy atom. The highest BCUT2D eigenvalue weighted by molar-refractivity contribution is 5.76. The van der Waals surface area contributed by atoms with Gasteiger partial charge in [-0.05, 0) is 49.9 Å². The van der Waals surface area contributed by atoms with Crippen LogP contribution >= 0.6 is 0 Å². The lowest BCUT2D eigenvalue weighted by Gasteiger charge is -2.52. The average Bonchev–Trinajstić information content (AvgIpc) is 2.88. The molecule has 1 N–H and O–H groups in total. The fourth-order valence-electron chi connectivity index (χ4n) is 4.03. The van der Waals surface area contributed by atoms with Crippen LogP contribution in [0.3, 0.4) is 0 Å². The Morgan fingerprint density at radius 3 is 2.44 bits per heavy atom. The van der Waals surface area contributed by atoms with Gasteiger partial charge >= 0.3 is 0 Å². The van der Waals surface area contributed by atoms with Gasteiger partial charge < -0.3 is 10.1 Å². The molecule has 0 aromatic heterocycles. The number of amides is 1. The molecule has 3 nitrogen and oxygen atoms in total. The van der Waals surface area contributed by atoms with E-state index in [1.54, 1.807) is 0 Å². The summed E-state index contributed by atoms with van der Waals surface area (Å²) in [5.74, 6) is 0.966. The van der Waals surface area contributed by atoms with E-state index < -0.39 is 0 Å². The quantitative estimate of drug-likeness (QED) is 0.837. The number of nitrogens with one attached hydrogen (secondary N) is 1. The van der Waals surface area contributed by atoms with Crippen LogP contribution in [0.5, 0.6) is 0 Å². The van der Waals surface area contributed by atoms with Gasteiger partial charge in [0, 0.05) is 25.7 Å². The highest BCUT2D eigenvalue weighted by Crippen LogP contribution is 2.48. The van der Waals surface area contributed by atoms with Crippen molar-refractivity contribution in [3.63, 3.8) is 0 Å². The summed E-state index contributed by atoms with van der Waals surface area (Å²) in [4.78, 5) is 12.1. The van der Waals surface area contributed by atoms with Gasteiger partial charge in [0.05, 0.1) is 0 Å². The second kappa shape index (κ2) is 5.20. The van der Waals surface area contributed by atoms with Crippen LogP contribution in [0.1, 0.15) is 57.8 Å². The third-order valence-electron chi connectivity index (χ3n) is 5.44. The Hall–Kier alpha value is -0.570. The Labute approximate surface area is 110 Å². The summed E-state index contributed by atoms with van der Waals surface area (Å²) >= 11 is 0. The van der Waals surface area contributed by atoms with Gasteiger partial charge in [-0.3, -0.25) is 4.79 Å². The summed E-state index contributed by atoms with van der Waals surface area (Å²) in [6.45, 7) is 1.77. The monoisotopic (exact) mass is 251 g/mol. The van der Waals surface area contributed by atoms with Crippen LogP contribution in [0, 0.1) is 11.3 Å². The maximum Gasteiger partial charge on any atom is 0.220 e. The lowest BCUT2D eigenvalue weighted by atomic mass is 9.60. The molecule has 1 aliphatic heterocycles. The minimum absolute atomic E-state index is 0.303. The van der Waals surface area contributed by atoms with Crippen LogP contribution in [0.15, 0.2) is 0 Å². The minimum atomic E-state index is 0.303. The van der Waals surface area contributed by atoms with Gasteiger partial charge in [-0.15, -0.1) is 0 Å².